The van der Waals surface area contributed by atoms with E-state index < -0.39 is 0 Å². The second kappa shape index (κ2) is 5.03. The Kier molecular flexibility index (Phi) is 3.47. The van der Waals surface area contributed by atoms with Crippen molar-refractivity contribution in [3.63, 3.8) is 0 Å². The zero-order valence-corrected chi connectivity index (χ0v) is 9.78. The monoisotopic (exact) mass is 233 g/mol. The third-order valence-corrected chi connectivity index (χ3v) is 2.74. The van der Waals surface area contributed by atoms with Gasteiger partial charge in [0.05, 0.1) is 5.69 Å². The maximum atomic E-state index is 6.02. The summed E-state index contributed by atoms with van der Waals surface area (Å²) >= 11 is 6.02. The number of rotatable bonds is 3. The van der Waals surface area contributed by atoms with Gasteiger partial charge in [0.2, 0.25) is 0 Å². The van der Waals surface area contributed by atoms with E-state index in [0.29, 0.717) is 11.6 Å². The van der Waals surface area contributed by atoms with E-state index in [2.05, 4.69) is 15.0 Å². The van der Waals surface area contributed by atoms with Gasteiger partial charge in [-0.3, -0.25) is 4.98 Å². The van der Waals surface area contributed by atoms with Gasteiger partial charge in [-0.15, -0.1) is 0 Å². The minimum atomic E-state index is 0.545. The Bertz CT molecular complexity index is 471. The molecule has 16 heavy (non-hydrogen) atoms. The molecule has 2 aromatic rings. The van der Waals surface area contributed by atoms with E-state index in [4.69, 9.17) is 11.6 Å². The molecule has 0 atom stereocenters. The van der Waals surface area contributed by atoms with Crippen LogP contribution in [0.3, 0.4) is 0 Å². The predicted octanol–water partition coefficient (Wildman–Crippen LogP) is 2.68. The van der Waals surface area contributed by atoms with Crippen molar-refractivity contribution in [3.05, 3.63) is 52.8 Å². The molecule has 0 fully saturated rings. The topological polar surface area (TPSA) is 38.7 Å². The maximum Gasteiger partial charge on any atom is 0.135 e. The van der Waals surface area contributed by atoms with Gasteiger partial charge in [0.15, 0.2) is 0 Å². The second-order valence-electron chi connectivity index (χ2n) is 3.44. The molecule has 2 heterocycles. The fourth-order valence-corrected chi connectivity index (χ4v) is 1.89. The lowest BCUT2D eigenvalue weighted by atomic mass is 10.1. The molecule has 82 valence electrons. The van der Waals surface area contributed by atoms with Crippen molar-refractivity contribution in [2.75, 3.05) is 0 Å². The third-order valence-electron chi connectivity index (χ3n) is 2.41. The molecule has 0 saturated carbocycles. The van der Waals surface area contributed by atoms with Gasteiger partial charge < -0.3 is 0 Å². The van der Waals surface area contributed by atoms with Crippen molar-refractivity contribution < 1.29 is 0 Å². The van der Waals surface area contributed by atoms with Crippen LogP contribution >= 0.6 is 11.6 Å². The molecule has 0 aliphatic rings. The van der Waals surface area contributed by atoms with E-state index >= 15 is 0 Å². The molecular formula is C12H12ClN3. The molecule has 4 heteroatoms. The highest BCUT2D eigenvalue weighted by Crippen LogP contribution is 2.18. The number of aromatic nitrogens is 3. The maximum absolute atomic E-state index is 6.02. The van der Waals surface area contributed by atoms with Gasteiger partial charge in [-0.05, 0) is 18.6 Å². The lowest BCUT2D eigenvalue weighted by Gasteiger charge is -2.06. The van der Waals surface area contributed by atoms with Crippen molar-refractivity contribution in [1.29, 1.82) is 0 Å². The Hall–Kier alpha value is -1.48. The van der Waals surface area contributed by atoms with E-state index in [9.17, 15) is 0 Å². The lowest BCUT2D eigenvalue weighted by molar-refractivity contribution is 0.928. The molecule has 0 N–H and O–H groups in total. The average molecular weight is 234 g/mol. The van der Waals surface area contributed by atoms with Crippen LogP contribution in [0.15, 0.2) is 30.7 Å². The van der Waals surface area contributed by atoms with Crippen LogP contribution in [0.5, 0.6) is 0 Å². The molecule has 2 rings (SSSR count). The SMILES string of the molecule is CCc1c(Cl)ncnc1Cc1ccccn1. The normalized spacial score (nSPS) is 10.4. The molecule has 2 aromatic heterocycles. The summed E-state index contributed by atoms with van der Waals surface area (Å²) < 4.78 is 0. The summed E-state index contributed by atoms with van der Waals surface area (Å²) in [5.74, 6) is 0. The van der Waals surface area contributed by atoms with Gasteiger partial charge in [0, 0.05) is 23.9 Å². The largest absolute Gasteiger partial charge is 0.261 e. The molecule has 0 radical (unpaired) electrons. The van der Waals surface area contributed by atoms with Crippen LogP contribution in [0.2, 0.25) is 5.15 Å². The first-order chi connectivity index (χ1) is 7.81. The van der Waals surface area contributed by atoms with Gasteiger partial charge in [0.1, 0.15) is 11.5 Å². The highest BCUT2D eigenvalue weighted by atomic mass is 35.5. The Morgan fingerprint density at radius 2 is 2.06 bits per heavy atom. The average Bonchev–Trinajstić information content (AvgIpc) is 2.31. The minimum absolute atomic E-state index is 0.545. The van der Waals surface area contributed by atoms with Crippen molar-refractivity contribution in [2.45, 2.75) is 19.8 Å². The molecule has 0 amide bonds. The van der Waals surface area contributed by atoms with E-state index in [1.807, 2.05) is 25.1 Å². The fourth-order valence-electron chi connectivity index (χ4n) is 1.60. The molecular weight excluding hydrogens is 222 g/mol. The highest BCUT2D eigenvalue weighted by Gasteiger charge is 2.08. The fraction of sp³-hybridized carbons (Fsp3) is 0.250. The van der Waals surface area contributed by atoms with Crippen LogP contribution < -0.4 is 0 Å². The Labute approximate surface area is 99.5 Å². The summed E-state index contributed by atoms with van der Waals surface area (Å²) in [6.07, 6.45) is 4.82. The summed E-state index contributed by atoms with van der Waals surface area (Å²) in [4.78, 5) is 12.5. The standard InChI is InChI=1S/C12H12ClN3/c1-2-10-11(15-8-16-12(10)13)7-9-5-3-4-6-14-9/h3-6,8H,2,7H2,1H3. The van der Waals surface area contributed by atoms with Gasteiger partial charge in [-0.1, -0.05) is 24.6 Å². The first-order valence-corrected chi connectivity index (χ1v) is 5.57. The number of hydrogen-bond acceptors (Lipinski definition) is 3. The van der Waals surface area contributed by atoms with Crippen LogP contribution in [-0.4, -0.2) is 15.0 Å². The smallest absolute Gasteiger partial charge is 0.135 e. The number of halogens is 1. The summed E-state index contributed by atoms with van der Waals surface area (Å²) in [5.41, 5.74) is 2.96. The summed E-state index contributed by atoms with van der Waals surface area (Å²) in [5, 5.41) is 0.545. The zero-order chi connectivity index (χ0) is 11.4. The molecule has 0 bridgehead atoms. The van der Waals surface area contributed by atoms with Crippen LogP contribution in [0.1, 0.15) is 23.9 Å². The number of nitrogens with zero attached hydrogens (tertiary/aromatic N) is 3. The summed E-state index contributed by atoms with van der Waals surface area (Å²) in [7, 11) is 0. The predicted molar refractivity (Wildman–Crippen MR) is 63.5 cm³/mol. The van der Waals surface area contributed by atoms with Gasteiger partial charge in [-0.25, -0.2) is 9.97 Å². The van der Waals surface area contributed by atoms with Crippen molar-refractivity contribution in [2.24, 2.45) is 0 Å². The number of hydrogen-bond donors (Lipinski definition) is 0. The lowest BCUT2D eigenvalue weighted by Crippen LogP contribution is -2.01. The van der Waals surface area contributed by atoms with Crippen LogP contribution in [0.4, 0.5) is 0 Å². The Morgan fingerprint density at radius 3 is 2.75 bits per heavy atom. The zero-order valence-electron chi connectivity index (χ0n) is 9.02. The Balaban J connectivity index is 2.31. The number of pyridine rings is 1. The van der Waals surface area contributed by atoms with E-state index in [1.165, 1.54) is 6.33 Å². The third kappa shape index (κ3) is 2.36. The summed E-state index contributed by atoms with van der Waals surface area (Å²) in [6.45, 7) is 2.05. The van der Waals surface area contributed by atoms with Crippen LogP contribution in [0, 0.1) is 0 Å². The van der Waals surface area contributed by atoms with Gasteiger partial charge in [-0.2, -0.15) is 0 Å². The van der Waals surface area contributed by atoms with Crippen LogP contribution in [-0.2, 0) is 12.8 Å². The molecule has 0 aliphatic carbocycles. The van der Waals surface area contributed by atoms with E-state index in [0.717, 1.165) is 23.4 Å². The Morgan fingerprint density at radius 1 is 1.19 bits per heavy atom. The highest BCUT2D eigenvalue weighted by molar-refractivity contribution is 6.30. The summed E-state index contributed by atoms with van der Waals surface area (Å²) in [6, 6.07) is 5.85. The van der Waals surface area contributed by atoms with Crippen LogP contribution in [0.25, 0.3) is 0 Å². The molecule has 3 nitrogen and oxygen atoms in total. The van der Waals surface area contributed by atoms with Crippen molar-refractivity contribution in [3.8, 4) is 0 Å². The van der Waals surface area contributed by atoms with E-state index in [-0.39, 0.29) is 0 Å². The van der Waals surface area contributed by atoms with Gasteiger partial charge >= 0.3 is 0 Å². The van der Waals surface area contributed by atoms with Gasteiger partial charge in [0.25, 0.3) is 0 Å². The first kappa shape index (κ1) is 11.0. The molecule has 0 unspecified atom stereocenters. The van der Waals surface area contributed by atoms with Crippen molar-refractivity contribution >= 4 is 11.6 Å². The molecule has 0 spiro atoms. The minimum Gasteiger partial charge on any atom is -0.261 e. The molecule has 0 aliphatic heterocycles. The molecule has 0 aromatic carbocycles. The van der Waals surface area contributed by atoms with Crippen molar-refractivity contribution in [1.82, 2.24) is 15.0 Å². The molecule has 0 saturated heterocycles. The second-order valence-corrected chi connectivity index (χ2v) is 3.80. The first-order valence-electron chi connectivity index (χ1n) is 5.19. The van der Waals surface area contributed by atoms with E-state index in [1.54, 1.807) is 6.20 Å². The quantitative estimate of drug-likeness (QED) is 0.766.